The third-order valence-corrected chi connectivity index (χ3v) is 5.30. The number of benzene rings is 2. The Kier molecular flexibility index (Phi) is 7.83. The smallest absolute Gasteiger partial charge is 0.257 e. The monoisotopic (exact) mass is 436 g/mol. The second-order valence-electron chi connectivity index (χ2n) is 6.55. The Hall–Kier alpha value is -3.59. The number of carbonyl (C=O) groups is 2. The van der Waals surface area contributed by atoms with Crippen molar-refractivity contribution in [2.45, 2.75) is 20.3 Å². The van der Waals surface area contributed by atoms with E-state index < -0.39 is 0 Å². The van der Waals surface area contributed by atoms with Crippen LogP contribution in [0.25, 0.3) is 0 Å². The molecule has 0 aliphatic heterocycles. The van der Waals surface area contributed by atoms with Gasteiger partial charge < -0.3 is 4.90 Å². The third kappa shape index (κ3) is 6.45. The van der Waals surface area contributed by atoms with Crippen LogP contribution in [0.2, 0.25) is 0 Å². The van der Waals surface area contributed by atoms with Crippen molar-refractivity contribution >= 4 is 40.2 Å². The minimum Gasteiger partial charge on any atom is -0.372 e. The summed E-state index contributed by atoms with van der Waals surface area (Å²) < 4.78 is 0. The number of nitrogens with zero attached hydrogens (tertiary/aromatic N) is 4. The summed E-state index contributed by atoms with van der Waals surface area (Å²) >= 11 is 1.15. The van der Waals surface area contributed by atoms with Gasteiger partial charge in [0.2, 0.25) is 11.0 Å². The molecule has 0 atom stereocenters. The average Bonchev–Trinajstić information content (AvgIpc) is 3.22. The predicted octanol–water partition coefficient (Wildman–Crippen LogP) is 3.33. The van der Waals surface area contributed by atoms with Crippen LogP contribution in [0.3, 0.4) is 0 Å². The van der Waals surface area contributed by atoms with E-state index in [9.17, 15) is 9.59 Å². The van der Waals surface area contributed by atoms with E-state index in [4.69, 9.17) is 0 Å². The van der Waals surface area contributed by atoms with Crippen LogP contribution in [0.5, 0.6) is 0 Å². The number of carbonyl (C=O) groups excluding carboxylic acids is 2. The molecule has 3 rings (SSSR count). The van der Waals surface area contributed by atoms with Crippen LogP contribution in [0, 0.1) is 0 Å². The molecule has 1 heterocycles. The van der Waals surface area contributed by atoms with Crippen molar-refractivity contribution in [2.24, 2.45) is 5.10 Å². The lowest BCUT2D eigenvalue weighted by atomic mass is 10.2. The summed E-state index contributed by atoms with van der Waals surface area (Å²) in [6.07, 6.45) is 1.62. The van der Waals surface area contributed by atoms with Crippen molar-refractivity contribution in [1.82, 2.24) is 15.6 Å². The number of hydrogen-bond acceptors (Lipinski definition) is 7. The summed E-state index contributed by atoms with van der Waals surface area (Å²) in [6, 6.07) is 16.8. The molecule has 160 valence electrons. The first-order chi connectivity index (χ1) is 15.1. The largest absolute Gasteiger partial charge is 0.372 e. The zero-order valence-electron chi connectivity index (χ0n) is 17.4. The van der Waals surface area contributed by atoms with E-state index in [0.29, 0.717) is 15.7 Å². The number of aromatic nitrogens is 2. The summed E-state index contributed by atoms with van der Waals surface area (Å²) in [4.78, 5) is 26.5. The Balaban J connectivity index is 1.48. The Morgan fingerprint density at radius 3 is 2.42 bits per heavy atom. The van der Waals surface area contributed by atoms with Gasteiger partial charge >= 0.3 is 0 Å². The van der Waals surface area contributed by atoms with Crippen LogP contribution in [0.1, 0.15) is 34.8 Å². The minimum atomic E-state index is -0.312. The van der Waals surface area contributed by atoms with Crippen LogP contribution in [0.15, 0.2) is 59.7 Å². The molecule has 0 fully saturated rings. The molecule has 2 N–H and O–H groups in total. The highest BCUT2D eigenvalue weighted by atomic mass is 32.1. The molecule has 0 radical (unpaired) electrons. The second-order valence-corrected chi connectivity index (χ2v) is 7.62. The molecule has 9 heteroatoms. The highest BCUT2D eigenvalue weighted by Crippen LogP contribution is 2.17. The quantitative estimate of drug-likeness (QED) is 0.396. The molecule has 0 spiro atoms. The van der Waals surface area contributed by atoms with Crippen molar-refractivity contribution in [2.75, 3.05) is 23.3 Å². The van der Waals surface area contributed by atoms with E-state index in [2.05, 4.69) is 44.8 Å². The fourth-order valence-electron chi connectivity index (χ4n) is 2.85. The lowest BCUT2D eigenvalue weighted by molar-refractivity contribution is -0.120. The van der Waals surface area contributed by atoms with Gasteiger partial charge in [0.1, 0.15) is 5.01 Å². The van der Waals surface area contributed by atoms with E-state index >= 15 is 0 Å². The van der Waals surface area contributed by atoms with Crippen LogP contribution in [-0.4, -0.2) is 41.3 Å². The maximum Gasteiger partial charge on any atom is 0.257 e. The molecule has 3 aromatic rings. The van der Waals surface area contributed by atoms with Gasteiger partial charge in [0, 0.05) is 24.3 Å². The van der Waals surface area contributed by atoms with Gasteiger partial charge in [0.25, 0.3) is 5.91 Å². The van der Waals surface area contributed by atoms with Gasteiger partial charge in [-0.2, -0.15) is 5.10 Å². The van der Waals surface area contributed by atoms with Crippen LogP contribution in [-0.2, 0) is 11.2 Å². The zero-order valence-corrected chi connectivity index (χ0v) is 18.2. The van der Waals surface area contributed by atoms with Gasteiger partial charge in [-0.05, 0) is 43.7 Å². The van der Waals surface area contributed by atoms with Crippen molar-refractivity contribution in [1.29, 1.82) is 0 Å². The summed E-state index contributed by atoms with van der Waals surface area (Å²) in [5.74, 6) is -0.586. The molecule has 0 bridgehead atoms. The van der Waals surface area contributed by atoms with Crippen molar-refractivity contribution < 1.29 is 9.59 Å². The second kappa shape index (κ2) is 11.0. The maximum absolute atomic E-state index is 12.1. The van der Waals surface area contributed by atoms with E-state index in [1.807, 2.05) is 30.3 Å². The molecule has 2 amide bonds. The van der Waals surface area contributed by atoms with Crippen LogP contribution < -0.4 is 15.6 Å². The SMILES string of the molecule is CCN(CC)c1ccc(C=NNC(=O)Cc2nnc(NC(=O)c3ccccc3)s2)cc1. The molecule has 0 aliphatic rings. The Morgan fingerprint density at radius 2 is 1.74 bits per heavy atom. The topological polar surface area (TPSA) is 99.6 Å². The van der Waals surface area contributed by atoms with Crippen molar-refractivity contribution in [3.63, 3.8) is 0 Å². The zero-order chi connectivity index (χ0) is 22.1. The fourth-order valence-corrected chi connectivity index (χ4v) is 3.58. The highest BCUT2D eigenvalue weighted by Gasteiger charge is 2.12. The summed E-state index contributed by atoms with van der Waals surface area (Å²) in [5, 5.41) is 15.4. The molecule has 1 aromatic heterocycles. The standard InChI is InChI=1S/C22H24N6O2S/c1-3-28(4-2)18-12-10-16(11-13-18)15-23-25-19(29)14-20-26-27-22(31-20)24-21(30)17-8-6-5-7-9-17/h5-13,15H,3-4,14H2,1-2H3,(H,25,29)(H,24,27,30). The lowest BCUT2D eigenvalue weighted by Gasteiger charge is -2.20. The first-order valence-corrected chi connectivity index (χ1v) is 10.8. The summed E-state index contributed by atoms with van der Waals surface area (Å²) in [7, 11) is 0. The molecule has 0 saturated carbocycles. The van der Waals surface area contributed by atoms with Crippen molar-refractivity contribution in [3.8, 4) is 0 Å². The Morgan fingerprint density at radius 1 is 1.03 bits per heavy atom. The Bertz CT molecular complexity index is 1030. The Labute approximate surface area is 185 Å². The summed E-state index contributed by atoms with van der Waals surface area (Å²) in [6.45, 7) is 6.13. The molecule has 0 unspecified atom stereocenters. The van der Waals surface area contributed by atoms with Gasteiger partial charge in [-0.1, -0.05) is 41.7 Å². The number of amides is 2. The normalized spacial score (nSPS) is 10.8. The first kappa shape index (κ1) is 22.1. The molecule has 0 saturated heterocycles. The maximum atomic E-state index is 12.1. The molecular formula is C22H24N6O2S. The highest BCUT2D eigenvalue weighted by molar-refractivity contribution is 7.15. The van der Waals surface area contributed by atoms with Gasteiger partial charge in [-0.3, -0.25) is 14.9 Å². The van der Waals surface area contributed by atoms with E-state index in [0.717, 1.165) is 35.7 Å². The van der Waals surface area contributed by atoms with Gasteiger partial charge in [-0.15, -0.1) is 10.2 Å². The number of nitrogens with one attached hydrogen (secondary N) is 2. The molecule has 0 aliphatic carbocycles. The first-order valence-electron chi connectivity index (χ1n) is 9.94. The molecule has 2 aromatic carbocycles. The van der Waals surface area contributed by atoms with Gasteiger partial charge in [-0.25, -0.2) is 5.43 Å². The third-order valence-electron chi connectivity index (χ3n) is 4.46. The molecule has 31 heavy (non-hydrogen) atoms. The van der Waals surface area contributed by atoms with Gasteiger partial charge in [0.05, 0.1) is 12.6 Å². The number of hydrazone groups is 1. The van der Waals surface area contributed by atoms with Gasteiger partial charge in [0.15, 0.2) is 0 Å². The van der Waals surface area contributed by atoms with E-state index in [1.54, 1.807) is 30.5 Å². The average molecular weight is 437 g/mol. The number of rotatable bonds is 9. The molecular weight excluding hydrogens is 412 g/mol. The van der Waals surface area contributed by atoms with Crippen molar-refractivity contribution in [3.05, 3.63) is 70.7 Å². The number of anilines is 2. The fraction of sp³-hybridized carbons (Fsp3) is 0.227. The predicted molar refractivity (Wildman–Crippen MR) is 124 cm³/mol. The van der Waals surface area contributed by atoms with E-state index in [-0.39, 0.29) is 18.2 Å². The minimum absolute atomic E-state index is 0.0249. The van der Waals surface area contributed by atoms with Crippen LogP contribution in [0.4, 0.5) is 10.8 Å². The molecule has 8 nitrogen and oxygen atoms in total. The summed E-state index contributed by atoms with van der Waals surface area (Å²) in [5.41, 5.74) is 5.05. The lowest BCUT2D eigenvalue weighted by Crippen LogP contribution is -2.21. The van der Waals surface area contributed by atoms with Crippen LogP contribution >= 0.6 is 11.3 Å². The van der Waals surface area contributed by atoms with E-state index in [1.165, 1.54) is 0 Å². The number of hydrogen-bond donors (Lipinski definition) is 2.